The van der Waals surface area contributed by atoms with E-state index in [0.717, 1.165) is 25.0 Å². The van der Waals surface area contributed by atoms with Crippen LogP contribution in [-0.2, 0) is 14.3 Å². The standard InChI is InChI=1S/C12H21NO4S/c1-18-7-5-10(12(15)16)13-11(14)8-9-4-2-3-6-17-9/h9-10H,2-8H2,1H3,(H,13,14)(H,15,16)/t9?,10-/m0/s1. The number of carboxylic acid groups (broad SMARTS) is 1. The van der Waals surface area contributed by atoms with Gasteiger partial charge in [-0.05, 0) is 37.7 Å². The van der Waals surface area contributed by atoms with Crippen molar-refractivity contribution in [3.8, 4) is 0 Å². The molecule has 0 aromatic carbocycles. The summed E-state index contributed by atoms with van der Waals surface area (Å²) in [6, 6.07) is -0.784. The highest BCUT2D eigenvalue weighted by atomic mass is 32.2. The van der Waals surface area contributed by atoms with Gasteiger partial charge in [0.25, 0.3) is 0 Å². The zero-order chi connectivity index (χ0) is 13.4. The molecule has 0 aliphatic carbocycles. The number of carbonyl (C=O) groups excluding carboxylic acids is 1. The molecule has 1 rings (SSSR count). The van der Waals surface area contributed by atoms with Crippen LogP contribution in [0.1, 0.15) is 32.1 Å². The van der Waals surface area contributed by atoms with Crippen molar-refractivity contribution < 1.29 is 19.4 Å². The molecule has 104 valence electrons. The van der Waals surface area contributed by atoms with E-state index in [-0.39, 0.29) is 18.4 Å². The second-order valence-electron chi connectivity index (χ2n) is 4.43. The predicted molar refractivity (Wildman–Crippen MR) is 70.8 cm³/mol. The first kappa shape index (κ1) is 15.3. The number of rotatable bonds is 7. The number of hydrogen-bond donors (Lipinski definition) is 2. The number of thioether (sulfide) groups is 1. The van der Waals surface area contributed by atoms with Gasteiger partial charge in [0, 0.05) is 6.61 Å². The van der Waals surface area contributed by atoms with Gasteiger partial charge in [0.1, 0.15) is 6.04 Å². The molecule has 2 atom stereocenters. The monoisotopic (exact) mass is 275 g/mol. The van der Waals surface area contributed by atoms with Crippen LogP contribution in [0, 0.1) is 0 Å². The van der Waals surface area contributed by atoms with Gasteiger partial charge in [-0.3, -0.25) is 4.79 Å². The van der Waals surface area contributed by atoms with Gasteiger partial charge in [-0.15, -0.1) is 0 Å². The molecule has 2 N–H and O–H groups in total. The fourth-order valence-electron chi connectivity index (χ4n) is 1.92. The first-order valence-electron chi connectivity index (χ1n) is 6.26. The minimum atomic E-state index is -0.970. The maximum atomic E-state index is 11.7. The molecule has 0 aromatic heterocycles. The molecule has 1 saturated heterocycles. The Labute approximate surface area is 112 Å². The lowest BCUT2D eigenvalue weighted by molar-refractivity contribution is -0.142. The third kappa shape index (κ3) is 5.73. The van der Waals surface area contributed by atoms with Gasteiger partial charge in [-0.1, -0.05) is 0 Å². The second kappa shape index (κ2) is 8.37. The van der Waals surface area contributed by atoms with Gasteiger partial charge >= 0.3 is 5.97 Å². The predicted octanol–water partition coefficient (Wildman–Crippen LogP) is 1.27. The zero-order valence-electron chi connectivity index (χ0n) is 10.7. The van der Waals surface area contributed by atoms with Crippen molar-refractivity contribution >= 4 is 23.6 Å². The summed E-state index contributed by atoms with van der Waals surface area (Å²) in [5, 5.41) is 11.6. The van der Waals surface area contributed by atoms with E-state index < -0.39 is 12.0 Å². The Hall–Kier alpha value is -0.750. The molecule has 1 aliphatic heterocycles. The van der Waals surface area contributed by atoms with Crippen molar-refractivity contribution in [1.82, 2.24) is 5.32 Å². The Morgan fingerprint density at radius 1 is 1.50 bits per heavy atom. The van der Waals surface area contributed by atoms with Crippen LogP contribution < -0.4 is 5.32 Å². The molecule has 1 unspecified atom stereocenters. The summed E-state index contributed by atoms with van der Waals surface area (Å²) in [5.74, 6) is -0.477. The number of carbonyl (C=O) groups is 2. The highest BCUT2D eigenvalue weighted by Gasteiger charge is 2.22. The molecular formula is C12H21NO4S. The quantitative estimate of drug-likeness (QED) is 0.732. The first-order chi connectivity index (χ1) is 8.63. The fourth-order valence-corrected chi connectivity index (χ4v) is 2.39. The number of carboxylic acids is 1. The van der Waals surface area contributed by atoms with Crippen molar-refractivity contribution in [2.24, 2.45) is 0 Å². The number of aliphatic carboxylic acids is 1. The summed E-state index contributed by atoms with van der Waals surface area (Å²) in [5.41, 5.74) is 0. The molecule has 1 heterocycles. The number of amides is 1. The second-order valence-corrected chi connectivity index (χ2v) is 5.42. The van der Waals surface area contributed by atoms with Crippen LogP contribution in [0.5, 0.6) is 0 Å². The molecule has 0 bridgehead atoms. The average molecular weight is 275 g/mol. The maximum absolute atomic E-state index is 11.7. The molecule has 0 saturated carbocycles. The summed E-state index contributed by atoms with van der Waals surface area (Å²) in [4.78, 5) is 22.7. The molecule has 1 fully saturated rings. The van der Waals surface area contributed by atoms with Crippen molar-refractivity contribution in [2.45, 2.75) is 44.2 Å². The molecular weight excluding hydrogens is 254 g/mol. The fraction of sp³-hybridized carbons (Fsp3) is 0.833. The molecule has 18 heavy (non-hydrogen) atoms. The largest absolute Gasteiger partial charge is 0.480 e. The number of ether oxygens (including phenoxy) is 1. The van der Waals surface area contributed by atoms with Crippen molar-refractivity contribution in [1.29, 1.82) is 0 Å². The van der Waals surface area contributed by atoms with Gasteiger partial charge in [-0.25, -0.2) is 4.79 Å². The topological polar surface area (TPSA) is 75.6 Å². The summed E-state index contributed by atoms with van der Waals surface area (Å²) in [7, 11) is 0. The maximum Gasteiger partial charge on any atom is 0.326 e. The van der Waals surface area contributed by atoms with Gasteiger partial charge in [-0.2, -0.15) is 11.8 Å². The lowest BCUT2D eigenvalue weighted by atomic mass is 10.1. The van der Waals surface area contributed by atoms with Gasteiger partial charge in [0.2, 0.25) is 5.91 Å². The molecule has 6 heteroatoms. The Kier molecular flexibility index (Phi) is 7.12. The molecule has 0 spiro atoms. The Balaban J connectivity index is 2.32. The normalized spacial score (nSPS) is 21.3. The summed E-state index contributed by atoms with van der Waals surface area (Å²) in [6.45, 7) is 0.701. The smallest absolute Gasteiger partial charge is 0.326 e. The van der Waals surface area contributed by atoms with Crippen molar-refractivity contribution in [3.63, 3.8) is 0 Å². The van der Waals surface area contributed by atoms with Crippen LogP contribution >= 0.6 is 11.8 Å². The van der Waals surface area contributed by atoms with Gasteiger partial charge in [0.05, 0.1) is 12.5 Å². The summed E-state index contributed by atoms with van der Waals surface area (Å²) in [6.07, 6.45) is 5.59. The molecule has 0 radical (unpaired) electrons. The SMILES string of the molecule is CSCC[C@H](NC(=O)CC1CCCCO1)C(=O)O. The average Bonchev–Trinajstić information content (AvgIpc) is 2.35. The van der Waals surface area contributed by atoms with E-state index in [2.05, 4.69) is 5.32 Å². The van der Waals surface area contributed by atoms with Crippen LogP contribution in [0.25, 0.3) is 0 Å². The van der Waals surface area contributed by atoms with Crippen LogP contribution in [-0.4, -0.2) is 47.7 Å². The highest BCUT2D eigenvalue weighted by Crippen LogP contribution is 2.15. The Morgan fingerprint density at radius 3 is 2.83 bits per heavy atom. The van der Waals surface area contributed by atoms with E-state index in [1.165, 1.54) is 0 Å². The van der Waals surface area contributed by atoms with Gasteiger partial charge < -0.3 is 15.2 Å². The van der Waals surface area contributed by atoms with Gasteiger partial charge in [0.15, 0.2) is 0 Å². The summed E-state index contributed by atoms with van der Waals surface area (Å²) < 4.78 is 5.46. The third-order valence-corrected chi connectivity index (χ3v) is 3.57. The lowest BCUT2D eigenvalue weighted by Gasteiger charge is -2.23. The minimum Gasteiger partial charge on any atom is -0.480 e. The van der Waals surface area contributed by atoms with Crippen LogP contribution in [0.3, 0.4) is 0 Å². The van der Waals surface area contributed by atoms with Crippen molar-refractivity contribution in [3.05, 3.63) is 0 Å². The molecule has 0 aromatic rings. The zero-order valence-corrected chi connectivity index (χ0v) is 11.5. The van der Waals surface area contributed by atoms with E-state index in [0.29, 0.717) is 13.0 Å². The number of hydrogen-bond acceptors (Lipinski definition) is 4. The summed E-state index contributed by atoms with van der Waals surface area (Å²) >= 11 is 1.57. The highest BCUT2D eigenvalue weighted by molar-refractivity contribution is 7.98. The van der Waals surface area contributed by atoms with E-state index in [4.69, 9.17) is 9.84 Å². The Morgan fingerprint density at radius 2 is 2.28 bits per heavy atom. The van der Waals surface area contributed by atoms with Crippen LogP contribution in [0.2, 0.25) is 0 Å². The van der Waals surface area contributed by atoms with Crippen LogP contribution in [0.15, 0.2) is 0 Å². The lowest BCUT2D eigenvalue weighted by Crippen LogP contribution is -2.42. The first-order valence-corrected chi connectivity index (χ1v) is 7.65. The van der Waals surface area contributed by atoms with E-state index in [9.17, 15) is 9.59 Å². The Bertz CT molecular complexity index is 279. The van der Waals surface area contributed by atoms with E-state index in [1.807, 2.05) is 6.26 Å². The molecule has 5 nitrogen and oxygen atoms in total. The minimum absolute atomic E-state index is 0.0475. The molecule has 1 amide bonds. The van der Waals surface area contributed by atoms with Crippen LogP contribution in [0.4, 0.5) is 0 Å². The van der Waals surface area contributed by atoms with Crippen molar-refractivity contribution in [2.75, 3.05) is 18.6 Å². The third-order valence-electron chi connectivity index (χ3n) is 2.93. The van der Waals surface area contributed by atoms with E-state index in [1.54, 1.807) is 11.8 Å². The number of nitrogens with one attached hydrogen (secondary N) is 1. The van der Waals surface area contributed by atoms with E-state index >= 15 is 0 Å². The molecule has 1 aliphatic rings.